The van der Waals surface area contributed by atoms with E-state index in [4.69, 9.17) is 4.98 Å². The highest BCUT2D eigenvalue weighted by Crippen LogP contribution is 2.37. The molecule has 0 aromatic carbocycles. The van der Waals surface area contributed by atoms with Gasteiger partial charge in [-0.1, -0.05) is 13.0 Å². The van der Waals surface area contributed by atoms with Gasteiger partial charge in [-0.25, -0.2) is 18.4 Å². The van der Waals surface area contributed by atoms with Crippen LogP contribution >= 0.6 is 11.3 Å². The van der Waals surface area contributed by atoms with Crippen molar-refractivity contribution in [3.63, 3.8) is 0 Å². The number of aryl methyl sites for hydroxylation is 3. The van der Waals surface area contributed by atoms with Crippen LogP contribution in [0, 0.1) is 13.8 Å². The zero-order valence-electron chi connectivity index (χ0n) is 17.4. The molecular weight excluding hydrogens is 420 g/mol. The van der Waals surface area contributed by atoms with Crippen LogP contribution in [0.2, 0.25) is 0 Å². The van der Waals surface area contributed by atoms with Gasteiger partial charge in [0.05, 0.1) is 17.4 Å². The molecule has 0 unspecified atom stereocenters. The van der Waals surface area contributed by atoms with Crippen molar-refractivity contribution < 1.29 is 8.42 Å². The minimum absolute atomic E-state index is 0.287. The highest BCUT2D eigenvalue weighted by atomic mass is 32.2. The van der Waals surface area contributed by atoms with E-state index in [2.05, 4.69) is 15.4 Å². The molecule has 1 atom stereocenters. The van der Waals surface area contributed by atoms with E-state index in [1.807, 2.05) is 38.2 Å². The van der Waals surface area contributed by atoms with Gasteiger partial charge in [-0.05, 0) is 45.2 Å². The second kappa shape index (κ2) is 8.44. The number of pyridine rings is 1. The van der Waals surface area contributed by atoms with Crippen LogP contribution in [0.1, 0.15) is 48.5 Å². The molecule has 0 saturated carbocycles. The fourth-order valence-electron chi connectivity index (χ4n) is 3.77. The molecule has 160 valence electrons. The summed E-state index contributed by atoms with van der Waals surface area (Å²) in [7, 11) is -3.65. The highest BCUT2D eigenvalue weighted by Gasteiger charge is 2.38. The van der Waals surface area contributed by atoms with Gasteiger partial charge in [0, 0.05) is 30.4 Å². The minimum atomic E-state index is -3.65. The molecule has 0 aliphatic carbocycles. The molecule has 10 heteroatoms. The summed E-state index contributed by atoms with van der Waals surface area (Å²) in [6.07, 6.45) is 5.91. The van der Waals surface area contributed by atoms with Gasteiger partial charge in [0.25, 0.3) is 0 Å². The maximum Gasteiger partial charge on any atom is 0.247 e. The Hall–Kier alpha value is -2.30. The maximum absolute atomic E-state index is 13.5. The van der Waals surface area contributed by atoms with Gasteiger partial charge in [0.1, 0.15) is 10.7 Å². The van der Waals surface area contributed by atoms with Gasteiger partial charge in [0.15, 0.2) is 5.13 Å². The van der Waals surface area contributed by atoms with Crippen molar-refractivity contribution in [1.29, 1.82) is 0 Å². The molecule has 8 nitrogen and oxygen atoms in total. The molecule has 4 heterocycles. The fraction of sp³-hybridized carbons (Fsp3) is 0.450. The molecule has 3 aromatic rings. The number of nitrogens with zero attached hydrogens (tertiary/aromatic N) is 5. The molecule has 4 rings (SSSR count). The van der Waals surface area contributed by atoms with E-state index in [1.165, 1.54) is 0 Å². The molecule has 1 fully saturated rings. The SMILES string of the molecule is CCCn1cc(S(=O)(=O)N2CCC[C@@H]2c2cccc(Nc3ncc(C)s3)n2)c(C)n1. The first-order chi connectivity index (χ1) is 14.4. The monoisotopic (exact) mass is 446 g/mol. The van der Waals surface area contributed by atoms with Crippen LogP contribution < -0.4 is 5.32 Å². The van der Waals surface area contributed by atoms with Crippen molar-refractivity contribution in [3.05, 3.63) is 46.9 Å². The molecule has 1 aliphatic heterocycles. The van der Waals surface area contributed by atoms with Gasteiger partial charge in [-0.15, -0.1) is 11.3 Å². The lowest BCUT2D eigenvalue weighted by Gasteiger charge is -2.23. The summed E-state index contributed by atoms with van der Waals surface area (Å²) in [5.41, 5.74) is 1.28. The number of sulfonamides is 1. The minimum Gasteiger partial charge on any atom is -0.316 e. The van der Waals surface area contributed by atoms with Gasteiger partial charge in [-0.2, -0.15) is 9.40 Å². The molecular formula is C20H26N6O2S2. The second-order valence-electron chi connectivity index (χ2n) is 7.46. The molecule has 1 aliphatic rings. The summed E-state index contributed by atoms with van der Waals surface area (Å²) < 4.78 is 30.2. The molecule has 3 aromatic heterocycles. The van der Waals surface area contributed by atoms with Crippen molar-refractivity contribution >= 4 is 32.3 Å². The Bertz CT molecular complexity index is 1140. The standard InChI is InChI=1S/C20H26N6O2S2/c1-4-10-25-13-18(15(3)24-25)30(27,28)26-11-6-8-17(26)16-7-5-9-19(22-16)23-20-21-12-14(2)29-20/h5,7,9,12-13,17H,4,6,8,10-11H2,1-3H3,(H,21,22,23)/t17-/m1/s1. The van der Waals surface area contributed by atoms with Crippen LogP contribution in [0.15, 0.2) is 35.5 Å². The predicted molar refractivity (Wildman–Crippen MR) is 117 cm³/mol. The Morgan fingerprint density at radius 3 is 2.87 bits per heavy atom. The molecule has 0 bridgehead atoms. The Balaban J connectivity index is 1.61. The first kappa shape index (κ1) is 21.0. The lowest BCUT2D eigenvalue weighted by Crippen LogP contribution is -2.31. The summed E-state index contributed by atoms with van der Waals surface area (Å²) in [4.78, 5) is 10.4. The first-order valence-electron chi connectivity index (χ1n) is 10.1. The number of thiazole rings is 1. The van der Waals surface area contributed by atoms with E-state index in [0.29, 0.717) is 24.6 Å². The molecule has 0 amide bonds. The Morgan fingerprint density at radius 2 is 2.13 bits per heavy atom. The molecule has 1 saturated heterocycles. The van der Waals surface area contributed by atoms with E-state index in [1.54, 1.807) is 33.4 Å². The number of rotatable bonds is 7. The Kier molecular flexibility index (Phi) is 5.90. The number of aromatic nitrogens is 4. The lowest BCUT2D eigenvalue weighted by molar-refractivity contribution is 0.390. The quantitative estimate of drug-likeness (QED) is 0.589. The van der Waals surface area contributed by atoms with Crippen molar-refractivity contribution in [3.8, 4) is 0 Å². The summed E-state index contributed by atoms with van der Waals surface area (Å²) >= 11 is 1.55. The third kappa shape index (κ3) is 4.12. The Labute approximate surface area is 181 Å². The molecule has 30 heavy (non-hydrogen) atoms. The van der Waals surface area contributed by atoms with Crippen molar-refractivity contribution in [2.75, 3.05) is 11.9 Å². The van der Waals surface area contributed by atoms with Gasteiger partial charge < -0.3 is 5.32 Å². The summed E-state index contributed by atoms with van der Waals surface area (Å²) in [5, 5.41) is 8.36. The average Bonchev–Trinajstić information content (AvgIpc) is 3.43. The van der Waals surface area contributed by atoms with Crippen molar-refractivity contribution in [2.24, 2.45) is 0 Å². The van der Waals surface area contributed by atoms with Crippen LogP contribution in [0.3, 0.4) is 0 Å². The van der Waals surface area contributed by atoms with Crippen LogP contribution in [0.4, 0.5) is 10.9 Å². The van der Waals surface area contributed by atoms with Crippen molar-refractivity contribution in [2.45, 2.75) is 57.5 Å². The Morgan fingerprint density at radius 1 is 1.30 bits per heavy atom. The predicted octanol–water partition coefficient (Wildman–Crippen LogP) is 4.03. The molecule has 0 spiro atoms. The normalized spacial score (nSPS) is 17.5. The van der Waals surface area contributed by atoms with Gasteiger partial charge >= 0.3 is 0 Å². The maximum atomic E-state index is 13.5. The third-order valence-electron chi connectivity index (χ3n) is 5.11. The third-order valence-corrected chi connectivity index (χ3v) is 7.95. The number of anilines is 2. The highest BCUT2D eigenvalue weighted by molar-refractivity contribution is 7.89. The van der Waals surface area contributed by atoms with Gasteiger partial charge in [0.2, 0.25) is 10.0 Å². The zero-order chi connectivity index (χ0) is 21.3. The largest absolute Gasteiger partial charge is 0.316 e. The summed E-state index contributed by atoms with van der Waals surface area (Å²) in [6.45, 7) is 6.98. The van der Waals surface area contributed by atoms with Gasteiger partial charge in [-0.3, -0.25) is 4.68 Å². The van der Waals surface area contributed by atoms with Crippen LogP contribution in [0.25, 0.3) is 0 Å². The van der Waals surface area contributed by atoms with E-state index in [-0.39, 0.29) is 10.9 Å². The van der Waals surface area contributed by atoms with Crippen molar-refractivity contribution in [1.82, 2.24) is 24.1 Å². The molecule has 1 N–H and O–H groups in total. The zero-order valence-corrected chi connectivity index (χ0v) is 19.0. The van der Waals surface area contributed by atoms with Crippen LogP contribution in [0.5, 0.6) is 0 Å². The average molecular weight is 447 g/mol. The number of hydrogen-bond acceptors (Lipinski definition) is 7. The summed E-state index contributed by atoms with van der Waals surface area (Å²) in [5.74, 6) is 0.665. The smallest absolute Gasteiger partial charge is 0.247 e. The topological polar surface area (TPSA) is 93.0 Å². The van der Waals surface area contributed by atoms with E-state index >= 15 is 0 Å². The fourth-order valence-corrected chi connectivity index (χ4v) is 6.29. The number of hydrogen-bond donors (Lipinski definition) is 1. The van der Waals surface area contributed by atoms with E-state index < -0.39 is 10.0 Å². The lowest BCUT2D eigenvalue weighted by atomic mass is 10.1. The number of nitrogens with one attached hydrogen (secondary N) is 1. The first-order valence-corrected chi connectivity index (χ1v) is 12.4. The van der Waals surface area contributed by atoms with Crippen LogP contribution in [-0.4, -0.2) is 39.0 Å². The van der Waals surface area contributed by atoms with E-state index in [9.17, 15) is 8.42 Å². The second-order valence-corrected chi connectivity index (χ2v) is 10.6. The molecule has 0 radical (unpaired) electrons. The van der Waals surface area contributed by atoms with Crippen LogP contribution in [-0.2, 0) is 16.6 Å². The summed E-state index contributed by atoms with van der Waals surface area (Å²) in [6, 6.07) is 5.37. The van der Waals surface area contributed by atoms with E-state index in [0.717, 1.165) is 35.0 Å².